The van der Waals surface area contributed by atoms with E-state index in [-0.39, 0.29) is 23.6 Å². The zero-order chi connectivity index (χ0) is 29.7. The van der Waals surface area contributed by atoms with Crippen molar-refractivity contribution in [1.29, 1.82) is 0 Å². The third-order valence-electron chi connectivity index (χ3n) is 7.32. The average molecular weight is 583 g/mol. The number of aryl methyl sites for hydroxylation is 1. The maximum absolute atomic E-state index is 14.1. The second-order valence-corrected chi connectivity index (χ2v) is 12.7. The van der Waals surface area contributed by atoms with Gasteiger partial charge in [-0.25, -0.2) is 23.4 Å². The van der Waals surface area contributed by atoms with Crippen molar-refractivity contribution in [3.63, 3.8) is 0 Å². The van der Waals surface area contributed by atoms with Crippen LogP contribution in [0.4, 0.5) is 18.7 Å². The molecule has 12 heteroatoms. The van der Waals surface area contributed by atoms with Gasteiger partial charge < -0.3 is 15.4 Å². The largest absolute Gasteiger partial charge is 0.439 e. The van der Waals surface area contributed by atoms with Crippen molar-refractivity contribution >= 4 is 22.6 Å². The van der Waals surface area contributed by atoms with Crippen molar-refractivity contribution in [2.24, 2.45) is 11.1 Å². The van der Waals surface area contributed by atoms with E-state index in [9.17, 15) is 18.4 Å². The first-order valence-corrected chi connectivity index (χ1v) is 14.0. The van der Waals surface area contributed by atoms with E-state index in [2.05, 4.69) is 30.8 Å². The molecule has 0 saturated carbocycles. The molecule has 0 spiro atoms. The summed E-state index contributed by atoms with van der Waals surface area (Å²) in [7, 11) is 0. The summed E-state index contributed by atoms with van der Waals surface area (Å²) in [6.45, 7) is 10.4. The molecule has 2 aromatic carbocycles. The molecule has 3 heterocycles. The van der Waals surface area contributed by atoms with E-state index in [1.807, 2.05) is 26.0 Å². The number of benzene rings is 2. The minimum atomic E-state index is -0.783. The first-order valence-electron chi connectivity index (χ1n) is 13.1. The van der Waals surface area contributed by atoms with Gasteiger partial charge in [0.2, 0.25) is 0 Å². The van der Waals surface area contributed by atoms with Crippen LogP contribution in [0.15, 0.2) is 53.6 Å². The van der Waals surface area contributed by atoms with Gasteiger partial charge in [-0.2, -0.15) is 9.78 Å². The molecule has 4 aromatic rings. The summed E-state index contributed by atoms with van der Waals surface area (Å²) < 4.78 is 36.0. The summed E-state index contributed by atoms with van der Waals surface area (Å²) in [4.78, 5) is 32.5. The number of thiazole rings is 1. The Bertz CT molecular complexity index is 1640. The fourth-order valence-corrected chi connectivity index (χ4v) is 6.85. The summed E-state index contributed by atoms with van der Waals surface area (Å²) in [5.41, 5.74) is 6.24. The molecule has 41 heavy (non-hydrogen) atoms. The van der Waals surface area contributed by atoms with E-state index >= 15 is 0 Å². The highest BCUT2D eigenvalue weighted by atomic mass is 32.1. The van der Waals surface area contributed by atoms with Gasteiger partial charge in [0.1, 0.15) is 23.6 Å². The van der Waals surface area contributed by atoms with Gasteiger partial charge in [-0.05, 0) is 49.1 Å². The third kappa shape index (κ3) is 5.48. The number of amides is 1. The van der Waals surface area contributed by atoms with E-state index in [0.29, 0.717) is 18.7 Å². The van der Waals surface area contributed by atoms with Crippen LogP contribution in [-0.4, -0.2) is 43.6 Å². The van der Waals surface area contributed by atoms with Crippen LogP contribution in [-0.2, 0) is 17.7 Å². The Balaban J connectivity index is 1.31. The molecule has 9 nitrogen and oxygen atoms in total. The van der Waals surface area contributed by atoms with Crippen molar-refractivity contribution in [3.05, 3.63) is 92.6 Å². The van der Waals surface area contributed by atoms with Crippen LogP contribution in [0.25, 0.3) is 5.69 Å². The van der Waals surface area contributed by atoms with Crippen LogP contribution < -0.4 is 16.3 Å². The fraction of sp³-hybridized carbons (Fsp3) is 0.379. The highest BCUT2D eigenvalue weighted by Crippen LogP contribution is 2.47. The average Bonchev–Trinajstić information content (AvgIpc) is 3.41. The van der Waals surface area contributed by atoms with Crippen molar-refractivity contribution in [1.82, 2.24) is 19.3 Å². The van der Waals surface area contributed by atoms with Gasteiger partial charge in [-0.15, -0.1) is 11.3 Å². The number of primary amides is 1. The van der Waals surface area contributed by atoms with E-state index in [1.54, 1.807) is 23.5 Å². The minimum Gasteiger partial charge on any atom is -0.439 e. The van der Waals surface area contributed by atoms with Crippen LogP contribution in [0.2, 0.25) is 0 Å². The van der Waals surface area contributed by atoms with Crippen molar-refractivity contribution < 1.29 is 18.3 Å². The molecule has 2 atom stereocenters. The molecular formula is C29H32F2N6O3S. The Kier molecular flexibility index (Phi) is 7.22. The van der Waals surface area contributed by atoms with Gasteiger partial charge in [0.25, 0.3) is 0 Å². The Morgan fingerprint density at radius 3 is 2.44 bits per heavy atom. The molecule has 2 N–H and O–H groups in total. The second kappa shape index (κ2) is 10.4. The lowest BCUT2D eigenvalue weighted by atomic mass is 9.70. The quantitative estimate of drug-likeness (QED) is 0.335. The minimum absolute atomic E-state index is 0.0896. The number of carbonyl (C=O) groups excluding carboxylic acids is 1. The third-order valence-corrected chi connectivity index (χ3v) is 8.52. The Morgan fingerprint density at radius 1 is 1.17 bits per heavy atom. The SMILES string of the molecule is Cc1nc(N2CC(C)(OC(N)=O)C2C(C)(C)C)sc1Cc1ccc(-n2ncn(Cc3c(F)cccc3F)c2=O)cc1. The first kappa shape index (κ1) is 28.5. The highest BCUT2D eigenvalue weighted by Gasteiger charge is 2.58. The van der Waals surface area contributed by atoms with Gasteiger partial charge in [0.05, 0.1) is 30.5 Å². The number of hydrogen-bond acceptors (Lipinski definition) is 7. The molecule has 0 radical (unpaired) electrons. The zero-order valence-corrected chi connectivity index (χ0v) is 24.3. The van der Waals surface area contributed by atoms with Gasteiger partial charge >= 0.3 is 11.8 Å². The van der Waals surface area contributed by atoms with Crippen molar-refractivity contribution in [2.75, 3.05) is 11.4 Å². The normalized spacial score (nSPS) is 18.8. The lowest BCUT2D eigenvalue weighted by Crippen LogP contribution is -2.74. The molecule has 0 aliphatic carbocycles. The first-order chi connectivity index (χ1) is 19.3. The highest BCUT2D eigenvalue weighted by molar-refractivity contribution is 7.15. The molecule has 1 amide bonds. The number of nitrogens with two attached hydrogens (primary N) is 1. The molecule has 1 aliphatic rings. The summed E-state index contributed by atoms with van der Waals surface area (Å²) in [6.07, 6.45) is 1.13. The Labute approximate surface area is 240 Å². The number of nitrogens with zero attached hydrogens (tertiary/aromatic N) is 5. The van der Waals surface area contributed by atoms with E-state index in [0.717, 1.165) is 38.0 Å². The predicted octanol–water partition coefficient (Wildman–Crippen LogP) is 4.80. The van der Waals surface area contributed by atoms with E-state index in [1.165, 1.54) is 17.1 Å². The molecule has 1 fully saturated rings. The zero-order valence-electron chi connectivity index (χ0n) is 23.5. The number of halogens is 2. The number of ether oxygens (including phenoxy) is 1. The molecule has 1 saturated heterocycles. The molecule has 216 valence electrons. The number of carbonyl (C=O) groups is 1. The smallest absolute Gasteiger partial charge is 0.405 e. The van der Waals surface area contributed by atoms with Gasteiger partial charge in [0.15, 0.2) is 5.13 Å². The number of hydrogen-bond donors (Lipinski definition) is 1. The van der Waals surface area contributed by atoms with Gasteiger partial charge in [-0.3, -0.25) is 4.57 Å². The molecule has 5 rings (SSSR count). The second-order valence-electron chi connectivity index (χ2n) is 11.6. The van der Waals surface area contributed by atoms with Crippen LogP contribution >= 0.6 is 11.3 Å². The standard InChI is InChI=1S/C29H32F2N6O3S/c1-17-23(41-26(34-17)36-15-29(5,40-25(32)38)24(36)28(2,3)4)13-18-9-11-19(12-10-18)37-27(39)35(16-33-37)14-20-21(30)7-6-8-22(20)31/h6-12,16,24H,13-15H2,1-5H3,(H2,32,38). The Morgan fingerprint density at radius 2 is 1.83 bits per heavy atom. The topological polar surface area (TPSA) is 108 Å². The summed E-state index contributed by atoms with van der Waals surface area (Å²) in [5.74, 6) is -1.43. The predicted molar refractivity (Wildman–Crippen MR) is 153 cm³/mol. The van der Waals surface area contributed by atoms with Crippen LogP contribution in [0, 0.1) is 24.0 Å². The number of anilines is 1. The molecule has 0 bridgehead atoms. The van der Waals surface area contributed by atoms with Crippen molar-refractivity contribution in [2.45, 2.75) is 59.2 Å². The Hall–Kier alpha value is -4.06. The molecule has 1 aliphatic heterocycles. The fourth-order valence-electron chi connectivity index (χ4n) is 5.73. The number of aromatic nitrogens is 4. The number of rotatable bonds is 7. The van der Waals surface area contributed by atoms with E-state index < -0.39 is 29.0 Å². The summed E-state index contributed by atoms with van der Waals surface area (Å²) in [5, 5.41) is 5.00. The lowest BCUT2D eigenvalue weighted by molar-refractivity contribution is -0.0614. The van der Waals surface area contributed by atoms with Crippen LogP contribution in [0.5, 0.6) is 0 Å². The summed E-state index contributed by atoms with van der Waals surface area (Å²) >= 11 is 1.60. The maximum Gasteiger partial charge on any atom is 0.405 e. The molecule has 2 aromatic heterocycles. The summed E-state index contributed by atoms with van der Waals surface area (Å²) in [6, 6.07) is 10.9. The van der Waals surface area contributed by atoms with Gasteiger partial charge in [-0.1, -0.05) is 39.0 Å². The lowest BCUT2D eigenvalue weighted by Gasteiger charge is -2.59. The monoisotopic (exact) mass is 582 g/mol. The van der Waals surface area contributed by atoms with Crippen LogP contribution in [0.3, 0.4) is 0 Å². The van der Waals surface area contributed by atoms with Crippen molar-refractivity contribution in [3.8, 4) is 5.69 Å². The molecular weight excluding hydrogens is 550 g/mol. The van der Waals surface area contributed by atoms with E-state index in [4.69, 9.17) is 15.5 Å². The van der Waals surface area contributed by atoms with Gasteiger partial charge in [0, 0.05) is 16.9 Å². The van der Waals surface area contributed by atoms with Crippen LogP contribution in [0.1, 0.15) is 49.4 Å². The maximum atomic E-state index is 14.1. The molecule has 2 unspecified atom stereocenters.